The normalized spacial score (nSPS) is 19.4. The number of nitrogens with zero attached hydrogens (tertiary/aromatic N) is 1. The first-order chi connectivity index (χ1) is 16.1. The quantitative estimate of drug-likeness (QED) is 0.564. The van der Waals surface area contributed by atoms with E-state index < -0.39 is 5.92 Å². The van der Waals surface area contributed by atoms with E-state index in [9.17, 15) is 9.59 Å². The zero-order valence-electron chi connectivity index (χ0n) is 19.9. The lowest BCUT2D eigenvalue weighted by molar-refractivity contribution is -0.118. The summed E-state index contributed by atoms with van der Waals surface area (Å²) < 4.78 is 11.9. The van der Waals surface area contributed by atoms with Gasteiger partial charge in [-0.2, -0.15) is 0 Å². The van der Waals surface area contributed by atoms with Crippen molar-refractivity contribution in [3.63, 3.8) is 0 Å². The minimum atomic E-state index is -0.611. The number of ether oxygens (including phenoxy) is 2. The summed E-state index contributed by atoms with van der Waals surface area (Å²) in [5.41, 5.74) is 3.12. The fourth-order valence-corrected chi connectivity index (χ4v) is 4.98. The molecule has 2 N–H and O–H groups in total. The maximum Gasteiger partial charge on any atom is 0.255 e. The smallest absolute Gasteiger partial charge is 0.255 e. The Balaban J connectivity index is 1.87. The highest BCUT2D eigenvalue weighted by molar-refractivity contribution is 9.10. The third-order valence-electron chi connectivity index (χ3n) is 6.20. The molecule has 1 amide bonds. The summed E-state index contributed by atoms with van der Waals surface area (Å²) in [5, 5.41) is 6.26. The highest BCUT2D eigenvalue weighted by Gasteiger charge is 2.43. The van der Waals surface area contributed by atoms with Crippen LogP contribution in [0.15, 0.2) is 63.5 Å². The van der Waals surface area contributed by atoms with Gasteiger partial charge in [0, 0.05) is 45.2 Å². The molecule has 1 aromatic heterocycles. The molecule has 0 radical (unpaired) electrons. The Morgan fingerprint density at radius 3 is 2.59 bits per heavy atom. The first kappa shape index (κ1) is 24.0. The number of anilines is 1. The summed E-state index contributed by atoms with van der Waals surface area (Å²) in [7, 11) is 3.16. The van der Waals surface area contributed by atoms with E-state index in [0.717, 1.165) is 10.2 Å². The minimum Gasteiger partial charge on any atom is -0.497 e. The van der Waals surface area contributed by atoms with Crippen LogP contribution in [0.4, 0.5) is 5.82 Å². The van der Waals surface area contributed by atoms with Crippen LogP contribution in [0, 0.1) is 5.41 Å². The first-order valence-corrected chi connectivity index (χ1v) is 11.8. The summed E-state index contributed by atoms with van der Waals surface area (Å²) >= 11 is 3.36. The second kappa shape index (κ2) is 9.25. The number of halogens is 1. The van der Waals surface area contributed by atoms with Crippen molar-refractivity contribution in [1.29, 1.82) is 0 Å². The fourth-order valence-electron chi connectivity index (χ4n) is 4.75. The molecule has 1 aliphatic carbocycles. The predicted octanol–water partition coefficient (Wildman–Crippen LogP) is 5.10. The number of allylic oxidation sites excluding steroid dienone is 3. The Labute approximate surface area is 207 Å². The van der Waals surface area contributed by atoms with Crippen molar-refractivity contribution in [2.75, 3.05) is 19.5 Å². The predicted molar refractivity (Wildman–Crippen MR) is 134 cm³/mol. The number of benzene rings is 1. The second-order valence-corrected chi connectivity index (χ2v) is 10.3. The molecule has 8 heteroatoms. The van der Waals surface area contributed by atoms with Gasteiger partial charge in [-0.15, -0.1) is 0 Å². The van der Waals surface area contributed by atoms with Crippen molar-refractivity contribution in [2.24, 2.45) is 5.41 Å². The van der Waals surface area contributed by atoms with Gasteiger partial charge in [0.25, 0.3) is 5.91 Å². The van der Waals surface area contributed by atoms with Gasteiger partial charge in [-0.25, -0.2) is 4.98 Å². The summed E-state index contributed by atoms with van der Waals surface area (Å²) in [5.74, 6) is 0.692. The highest BCUT2D eigenvalue weighted by Crippen LogP contribution is 2.49. The lowest BCUT2D eigenvalue weighted by Gasteiger charge is -2.40. The molecule has 4 rings (SSSR count). The molecule has 0 saturated heterocycles. The zero-order valence-corrected chi connectivity index (χ0v) is 21.5. The van der Waals surface area contributed by atoms with Crippen molar-refractivity contribution < 1.29 is 19.1 Å². The number of hydrogen-bond acceptors (Lipinski definition) is 6. The number of ketones is 1. The van der Waals surface area contributed by atoms with Gasteiger partial charge in [0.05, 0.1) is 20.1 Å². The van der Waals surface area contributed by atoms with E-state index in [-0.39, 0.29) is 17.1 Å². The number of aromatic nitrogens is 1. The molecule has 1 atom stereocenters. The Kier molecular flexibility index (Phi) is 6.53. The minimum absolute atomic E-state index is 0.0215. The van der Waals surface area contributed by atoms with Gasteiger partial charge < -0.3 is 20.1 Å². The molecule has 0 spiro atoms. The number of pyridine rings is 1. The number of rotatable bonds is 5. The van der Waals surface area contributed by atoms with Gasteiger partial charge in [0.2, 0.25) is 0 Å². The monoisotopic (exact) mass is 525 g/mol. The average molecular weight is 526 g/mol. The molecule has 1 aromatic carbocycles. The van der Waals surface area contributed by atoms with Crippen LogP contribution in [-0.2, 0) is 9.59 Å². The van der Waals surface area contributed by atoms with Crippen molar-refractivity contribution in [3.8, 4) is 11.5 Å². The maximum atomic E-state index is 13.6. The van der Waals surface area contributed by atoms with Crippen LogP contribution >= 0.6 is 15.9 Å². The first-order valence-electron chi connectivity index (χ1n) is 11.0. The largest absolute Gasteiger partial charge is 0.497 e. The van der Waals surface area contributed by atoms with Crippen LogP contribution < -0.4 is 20.1 Å². The molecule has 2 aliphatic rings. The van der Waals surface area contributed by atoms with Crippen molar-refractivity contribution in [3.05, 3.63) is 69.1 Å². The lowest BCUT2D eigenvalue weighted by Crippen LogP contribution is -2.39. The summed E-state index contributed by atoms with van der Waals surface area (Å²) in [6.45, 7) is 6.02. The number of nitrogens with one attached hydrogen (secondary N) is 2. The number of carbonyl (C=O) groups is 2. The number of dihydropyridines is 1. The van der Waals surface area contributed by atoms with Crippen molar-refractivity contribution >= 4 is 33.4 Å². The van der Waals surface area contributed by atoms with Crippen LogP contribution in [-0.4, -0.2) is 30.9 Å². The third-order valence-corrected chi connectivity index (χ3v) is 6.67. The second-order valence-electron chi connectivity index (χ2n) is 9.35. The molecule has 34 heavy (non-hydrogen) atoms. The van der Waals surface area contributed by atoms with E-state index in [2.05, 4.69) is 45.4 Å². The van der Waals surface area contributed by atoms with E-state index in [0.29, 0.717) is 52.6 Å². The Bertz CT molecular complexity index is 1220. The average Bonchev–Trinajstić information content (AvgIpc) is 2.78. The number of hydrogen-bond donors (Lipinski definition) is 2. The van der Waals surface area contributed by atoms with Gasteiger partial charge in [-0.05, 0) is 65.0 Å². The highest BCUT2D eigenvalue weighted by atomic mass is 79.9. The summed E-state index contributed by atoms with van der Waals surface area (Å²) in [4.78, 5) is 31.4. The van der Waals surface area contributed by atoms with E-state index >= 15 is 0 Å². The molecular weight excluding hydrogens is 498 g/mol. The van der Waals surface area contributed by atoms with Crippen LogP contribution in [0.2, 0.25) is 0 Å². The number of methoxy groups -OCH3 is 2. The van der Waals surface area contributed by atoms with Crippen molar-refractivity contribution in [1.82, 2.24) is 10.3 Å². The SMILES string of the molecule is COc1ccc(OC)c([C@H]2C(C(=O)Nc3ccc(Br)cn3)=C(C)NC3=C2C(=O)CC(C)(C)C3)c1. The number of amides is 1. The summed E-state index contributed by atoms with van der Waals surface area (Å²) in [6, 6.07) is 8.96. The van der Waals surface area contributed by atoms with Gasteiger partial charge in [0.15, 0.2) is 5.78 Å². The molecule has 0 fully saturated rings. The van der Waals surface area contributed by atoms with Gasteiger partial charge in [0.1, 0.15) is 17.3 Å². The van der Waals surface area contributed by atoms with Crippen LogP contribution in [0.3, 0.4) is 0 Å². The van der Waals surface area contributed by atoms with Gasteiger partial charge in [-0.3, -0.25) is 9.59 Å². The number of carbonyl (C=O) groups excluding carboxylic acids is 2. The Morgan fingerprint density at radius 1 is 1.18 bits per heavy atom. The molecule has 178 valence electrons. The van der Waals surface area contributed by atoms with Crippen LogP contribution in [0.1, 0.15) is 45.1 Å². The molecule has 2 aromatic rings. The maximum absolute atomic E-state index is 13.6. The fraction of sp³-hybridized carbons (Fsp3) is 0.346. The molecule has 0 unspecified atom stereocenters. The van der Waals surface area contributed by atoms with Crippen LogP contribution in [0.25, 0.3) is 0 Å². The zero-order chi connectivity index (χ0) is 24.6. The topological polar surface area (TPSA) is 89.6 Å². The van der Waals surface area contributed by atoms with E-state index in [1.54, 1.807) is 44.7 Å². The molecule has 0 bridgehead atoms. The molecule has 7 nitrogen and oxygen atoms in total. The van der Waals surface area contributed by atoms with E-state index in [1.165, 1.54) is 0 Å². The lowest BCUT2D eigenvalue weighted by atomic mass is 9.68. The van der Waals surface area contributed by atoms with Crippen molar-refractivity contribution in [2.45, 2.75) is 39.5 Å². The standard InChI is InChI=1S/C26H28BrN3O4/c1-14-22(25(32)30-21-9-6-15(27)13-28-21)23(17-10-16(33-4)7-8-20(17)34-5)24-18(29-14)11-26(2,3)12-19(24)31/h6-10,13,23,29H,11-12H2,1-5H3,(H,28,30,32)/t23-/m0/s1. The van der Waals surface area contributed by atoms with E-state index in [1.807, 2.05) is 13.0 Å². The number of Topliss-reactive ketones (excluding diaryl/α,β-unsaturated/α-hetero) is 1. The Morgan fingerprint density at radius 2 is 1.94 bits per heavy atom. The molecule has 2 heterocycles. The molecular formula is C26H28BrN3O4. The summed E-state index contributed by atoms with van der Waals surface area (Å²) in [6.07, 6.45) is 2.72. The molecule has 1 aliphatic heterocycles. The van der Waals surface area contributed by atoms with Gasteiger partial charge >= 0.3 is 0 Å². The Hall–Kier alpha value is -3.13. The molecule has 0 saturated carbocycles. The van der Waals surface area contributed by atoms with E-state index in [4.69, 9.17) is 9.47 Å². The van der Waals surface area contributed by atoms with Crippen LogP contribution in [0.5, 0.6) is 11.5 Å². The third kappa shape index (κ3) is 4.59. The van der Waals surface area contributed by atoms with Gasteiger partial charge in [-0.1, -0.05) is 13.8 Å².